The number of esters is 1. The molecular weight excluding hydrogens is 180 g/mol. The third-order valence-corrected chi connectivity index (χ3v) is 3.57. The van der Waals surface area contributed by atoms with Crippen molar-refractivity contribution in [2.75, 3.05) is 13.7 Å². The average molecular weight is 198 g/mol. The number of hydrogen-bond donors (Lipinski definition) is 0. The Kier molecular flexibility index (Phi) is 1.94. The minimum atomic E-state index is -0.312. The summed E-state index contributed by atoms with van der Waals surface area (Å²) in [6.45, 7) is 7.17. The first-order valence-corrected chi connectivity index (χ1v) is 5.14. The van der Waals surface area contributed by atoms with Gasteiger partial charge in [-0.15, -0.1) is 0 Å². The zero-order valence-corrected chi connectivity index (χ0v) is 9.29. The lowest BCUT2D eigenvalue weighted by Gasteiger charge is -2.22. The molecule has 0 radical (unpaired) electrons. The van der Waals surface area contributed by atoms with Crippen LogP contribution >= 0.6 is 0 Å². The first-order valence-electron chi connectivity index (χ1n) is 5.14. The summed E-state index contributed by atoms with van der Waals surface area (Å²) in [6, 6.07) is 0. The largest absolute Gasteiger partial charge is 0.469 e. The average Bonchev–Trinajstić information content (AvgIpc) is 2.59. The molecule has 1 saturated carbocycles. The predicted octanol–water partition coefficient (Wildman–Crippen LogP) is 1.61. The fraction of sp³-hybridized carbons (Fsp3) is 0.909. The van der Waals surface area contributed by atoms with Crippen LogP contribution in [0.2, 0.25) is 0 Å². The lowest BCUT2D eigenvalue weighted by atomic mass is 9.83. The summed E-state index contributed by atoms with van der Waals surface area (Å²) in [5.74, 6) is 0.246. The maximum absolute atomic E-state index is 11.7. The van der Waals surface area contributed by atoms with Crippen LogP contribution < -0.4 is 0 Å². The number of hydrogen-bond acceptors (Lipinski definition) is 3. The van der Waals surface area contributed by atoms with E-state index in [1.165, 1.54) is 7.11 Å². The van der Waals surface area contributed by atoms with Gasteiger partial charge < -0.3 is 9.47 Å². The molecule has 3 heteroatoms. The SMILES string of the molecule is COC(=O)[C@]12CCO[C@H]1[C@@H]2C(C)(C)C. The Morgan fingerprint density at radius 2 is 2.14 bits per heavy atom. The monoisotopic (exact) mass is 198 g/mol. The van der Waals surface area contributed by atoms with Crippen molar-refractivity contribution in [3.63, 3.8) is 0 Å². The third-order valence-electron chi connectivity index (χ3n) is 3.57. The maximum Gasteiger partial charge on any atom is 0.314 e. The molecule has 2 fully saturated rings. The van der Waals surface area contributed by atoms with E-state index >= 15 is 0 Å². The zero-order valence-electron chi connectivity index (χ0n) is 9.29. The molecule has 0 N–H and O–H groups in total. The molecule has 0 aromatic carbocycles. The number of carbonyl (C=O) groups excluding carboxylic acids is 1. The van der Waals surface area contributed by atoms with E-state index in [9.17, 15) is 4.79 Å². The maximum atomic E-state index is 11.7. The molecule has 2 rings (SSSR count). The van der Waals surface area contributed by atoms with Crippen molar-refractivity contribution in [1.29, 1.82) is 0 Å². The molecule has 80 valence electrons. The van der Waals surface area contributed by atoms with Crippen LogP contribution in [0.5, 0.6) is 0 Å². The van der Waals surface area contributed by atoms with Crippen LogP contribution in [0.3, 0.4) is 0 Å². The minimum Gasteiger partial charge on any atom is -0.469 e. The molecule has 0 amide bonds. The second kappa shape index (κ2) is 2.72. The van der Waals surface area contributed by atoms with Gasteiger partial charge in [-0.05, 0) is 11.8 Å². The Morgan fingerprint density at radius 3 is 2.57 bits per heavy atom. The van der Waals surface area contributed by atoms with E-state index in [4.69, 9.17) is 9.47 Å². The standard InChI is InChI=1S/C11H18O3/c1-10(2,3)7-8-11(7,5-6-14-8)9(12)13-4/h7-8H,5-6H2,1-4H3/t7-,8+,11+/m1/s1. The first-order chi connectivity index (χ1) is 6.44. The summed E-state index contributed by atoms with van der Waals surface area (Å²) in [6.07, 6.45) is 0.932. The molecule has 3 atom stereocenters. The van der Waals surface area contributed by atoms with Crippen LogP contribution in [0.1, 0.15) is 27.2 Å². The van der Waals surface area contributed by atoms with Gasteiger partial charge in [0.2, 0.25) is 0 Å². The zero-order chi connectivity index (χ0) is 10.6. The fourth-order valence-corrected chi connectivity index (χ4v) is 3.06. The van der Waals surface area contributed by atoms with E-state index in [0.29, 0.717) is 12.5 Å². The molecule has 0 aromatic heterocycles. The van der Waals surface area contributed by atoms with Crippen LogP contribution in [0.15, 0.2) is 0 Å². The van der Waals surface area contributed by atoms with Crippen molar-refractivity contribution in [1.82, 2.24) is 0 Å². The van der Waals surface area contributed by atoms with Crippen LogP contribution in [0.4, 0.5) is 0 Å². The Labute approximate surface area is 84.8 Å². The molecule has 0 spiro atoms. The van der Waals surface area contributed by atoms with Gasteiger partial charge in [0.1, 0.15) is 5.41 Å². The van der Waals surface area contributed by atoms with Crippen molar-refractivity contribution in [3.8, 4) is 0 Å². The number of rotatable bonds is 1. The van der Waals surface area contributed by atoms with Gasteiger partial charge in [0.05, 0.1) is 13.2 Å². The number of fused-ring (bicyclic) bond motifs is 1. The van der Waals surface area contributed by atoms with Gasteiger partial charge in [0.25, 0.3) is 0 Å². The summed E-state index contributed by atoms with van der Waals surface area (Å²) in [5.41, 5.74) is -0.188. The Hall–Kier alpha value is -0.570. The van der Waals surface area contributed by atoms with Gasteiger partial charge in [-0.2, -0.15) is 0 Å². The molecule has 1 heterocycles. The highest BCUT2D eigenvalue weighted by atomic mass is 16.5. The Balaban J connectivity index is 2.23. The predicted molar refractivity (Wildman–Crippen MR) is 51.8 cm³/mol. The van der Waals surface area contributed by atoms with Gasteiger partial charge in [0.15, 0.2) is 0 Å². The molecule has 14 heavy (non-hydrogen) atoms. The Bertz CT molecular complexity index is 266. The van der Waals surface area contributed by atoms with Crippen molar-refractivity contribution < 1.29 is 14.3 Å². The van der Waals surface area contributed by atoms with Crippen molar-refractivity contribution in [2.24, 2.45) is 16.7 Å². The number of methoxy groups -OCH3 is 1. The molecule has 1 aliphatic heterocycles. The normalized spacial score (nSPS) is 40.6. The van der Waals surface area contributed by atoms with Crippen molar-refractivity contribution >= 4 is 5.97 Å². The van der Waals surface area contributed by atoms with Gasteiger partial charge in [0, 0.05) is 12.5 Å². The first kappa shape index (κ1) is 9.97. The highest BCUT2D eigenvalue weighted by molar-refractivity contribution is 5.83. The van der Waals surface area contributed by atoms with Gasteiger partial charge in [-0.1, -0.05) is 20.8 Å². The second-order valence-corrected chi connectivity index (χ2v) is 5.42. The molecule has 3 nitrogen and oxygen atoms in total. The van der Waals surface area contributed by atoms with E-state index in [0.717, 1.165) is 6.42 Å². The lowest BCUT2D eigenvalue weighted by Crippen LogP contribution is -2.25. The van der Waals surface area contributed by atoms with Crippen LogP contribution in [-0.4, -0.2) is 25.8 Å². The molecule has 0 aromatic rings. The summed E-state index contributed by atoms with van der Waals surface area (Å²) in [5, 5.41) is 0. The summed E-state index contributed by atoms with van der Waals surface area (Å²) < 4.78 is 10.5. The van der Waals surface area contributed by atoms with Crippen LogP contribution in [0, 0.1) is 16.7 Å². The van der Waals surface area contributed by atoms with Crippen molar-refractivity contribution in [3.05, 3.63) is 0 Å². The van der Waals surface area contributed by atoms with Gasteiger partial charge in [-0.25, -0.2) is 0 Å². The van der Waals surface area contributed by atoms with Crippen LogP contribution in [-0.2, 0) is 14.3 Å². The molecule has 1 aliphatic carbocycles. The summed E-state index contributed by atoms with van der Waals surface area (Å²) in [4.78, 5) is 11.7. The molecule has 2 aliphatic rings. The van der Waals surface area contributed by atoms with Crippen molar-refractivity contribution in [2.45, 2.75) is 33.3 Å². The Morgan fingerprint density at radius 1 is 1.50 bits per heavy atom. The van der Waals surface area contributed by atoms with E-state index in [2.05, 4.69) is 20.8 Å². The number of ether oxygens (including phenoxy) is 2. The van der Waals surface area contributed by atoms with Crippen LogP contribution in [0.25, 0.3) is 0 Å². The van der Waals surface area contributed by atoms with Gasteiger partial charge >= 0.3 is 5.97 Å². The lowest BCUT2D eigenvalue weighted by molar-refractivity contribution is -0.148. The van der Waals surface area contributed by atoms with E-state index in [-0.39, 0.29) is 22.9 Å². The molecular formula is C11H18O3. The number of carbonyl (C=O) groups is 1. The molecule has 0 bridgehead atoms. The summed E-state index contributed by atoms with van der Waals surface area (Å²) in [7, 11) is 1.46. The second-order valence-electron chi connectivity index (χ2n) is 5.42. The van der Waals surface area contributed by atoms with Gasteiger partial charge in [-0.3, -0.25) is 4.79 Å². The highest BCUT2D eigenvalue weighted by Crippen LogP contribution is 2.67. The van der Waals surface area contributed by atoms with E-state index in [1.807, 2.05) is 0 Å². The highest BCUT2D eigenvalue weighted by Gasteiger charge is 2.76. The minimum absolute atomic E-state index is 0.0834. The fourth-order valence-electron chi connectivity index (χ4n) is 3.06. The topological polar surface area (TPSA) is 35.5 Å². The molecule has 0 unspecified atom stereocenters. The summed E-state index contributed by atoms with van der Waals surface area (Å²) >= 11 is 0. The quantitative estimate of drug-likeness (QED) is 0.600. The molecule has 1 saturated heterocycles. The smallest absolute Gasteiger partial charge is 0.314 e. The van der Waals surface area contributed by atoms with E-state index in [1.54, 1.807) is 0 Å². The third kappa shape index (κ3) is 1.05. The van der Waals surface area contributed by atoms with E-state index < -0.39 is 0 Å².